The minimum absolute atomic E-state index is 0.371. The van der Waals surface area contributed by atoms with Crippen LogP contribution >= 0.6 is 11.6 Å². The maximum atomic E-state index is 6.13. The lowest BCUT2D eigenvalue weighted by Gasteiger charge is -2.10. The molecule has 3 rings (SSSR count). The third kappa shape index (κ3) is 4.36. The molecule has 0 radical (unpaired) electrons. The summed E-state index contributed by atoms with van der Waals surface area (Å²) in [6.07, 6.45) is 1.57. The van der Waals surface area contributed by atoms with Crippen molar-refractivity contribution in [2.24, 2.45) is 0 Å². The van der Waals surface area contributed by atoms with E-state index >= 15 is 0 Å². The van der Waals surface area contributed by atoms with Crippen LogP contribution in [0.1, 0.15) is 11.1 Å². The van der Waals surface area contributed by atoms with Crippen molar-refractivity contribution in [1.82, 2.24) is 15.2 Å². The summed E-state index contributed by atoms with van der Waals surface area (Å²) < 4.78 is 5.14. The largest absolute Gasteiger partial charge is 0.495 e. The molecule has 1 heterocycles. The number of methoxy groups -OCH3 is 1. The van der Waals surface area contributed by atoms with Crippen molar-refractivity contribution in [2.45, 2.75) is 13.8 Å². The van der Waals surface area contributed by atoms with Gasteiger partial charge in [0.05, 0.1) is 18.3 Å². The van der Waals surface area contributed by atoms with Crippen LogP contribution in [0.15, 0.2) is 42.6 Å². The van der Waals surface area contributed by atoms with Gasteiger partial charge in [-0.25, -0.2) is 0 Å². The quantitative estimate of drug-likeness (QED) is 0.694. The van der Waals surface area contributed by atoms with Gasteiger partial charge in [0, 0.05) is 11.4 Å². The highest BCUT2D eigenvalue weighted by Gasteiger charge is 2.06. The highest BCUT2D eigenvalue weighted by atomic mass is 35.5. The summed E-state index contributed by atoms with van der Waals surface area (Å²) in [4.78, 5) is 4.42. The van der Waals surface area contributed by atoms with Crippen LogP contribution in [0.25, 0.3) is 0 Å². The van der Waals surface area contributed by atoms with Gasteiger partial charge in [0.25, 0.3) is 0 Å². The van der Waals surface area contributed by atoms with Crippen LogP contribution in [0.4, 0.5) is 23.1 Å². The Kier molecular flexibility index (Phi) is 5.00. The first-order valence-electron chi connectivity index (χ1n) is 7.69. The number of ether oxygens (including phenoxy) is 1. The van der Waals surface area contributed by atoms with Crippen molar-refractivity contribution in [1.29, 1.82) is 0 Å². The van der Waals surface area contributed by atoms with Crippen LogP contribution in [0.3, 0.4) is 0 Å². The Labute approximate surface area is 151 Å². The second kappa shape index (κ2) is 7.36. The third-order valence-corrected chi connectivity index (χ3v) is 3.76. The predicted octanol–water partition coefficient (Wildman–Crippen LogP) is 4.64. The average Bonchev–Trinajstić information content (AvgIpc) is 2.54. The Bertz CT molecular complexity index is 880. The Morgan fingerprint density at radius 1 is 0.960 bits per heavy atom. The van der Waals surface area contributed by atoms with E-state index in [1.165, 1.54) is 11.1 Å². The van der Waals surface area contributed by atoms with Crippen molar-refractivity contribution < 1.29 is 4.74 Å². The molecule has 0 saturated heterocycles. The molecule has 0 bridgehead atoms. The van der Waals surface area contributed by atoms with E-state index in [2.05, 4.69) is 45.7 Å². The maximum Gasteiger partial charge on any atom is 0.249 e. The first-order valence-corrected chi connectivity index (χ1v) is 8.07. The standard InChI is InChI=1S/C18H18ClN5O/c1-11-6-12(2)8-14(7-11)21-17-10-20-24-18(23-17)22-13-4-5-16(25-3)15(19)9-13/h4-10H,1-3H3,(H2,21,22,23,24). The van der Waals surface area contributed by atoms with Gasteiger partial charge in [-0.1, -0.05) is 17.7 Å². The van der Waals surface area contributed by atoms with E-state index in [0.717, 1.165) is 11.4 Å². The molecule has 0 aliphatic carbocycles. The van der Waals surface area contributed by atoms with Crippen molar-refractivity contribution in [2.75, 3.05) is 17.7 Å². The zero-order valence-corrected chi connectivity index (χ0v) is 14.9. The van der Waals surface area contributed by atoms with Crippen molar-refractivity contribution in [3.05, 3.63) is 58.7 Å². The lowest BCUT2D eigenvalue weighted by molar-refractivity contribution is 0.415. The van der Waals surface area contributed by atoms with Crippen molar-refractivity contribution in [3.63, 3.8) is 0 Å². The van der Waals surface area contributed by atoms with E-state index in [9.17, 15) is 0 Å². The van der Waals surface area contributed by atoms with E-state index in [4.69, 9.17) is 16.3 Å². The fraction of sp³-hybridized carbons (Fsp3) is 0.167. The molecule has 0 atom stereocenters. The molecule has 0 spiro atoms. The van der Waals surface area contributed by atoms with Crippen LogP contribution in [0.2, 0.25) is 5.02 Å². The fourth-order valence-electron chi connectivity index (χ4n) is 2.48. The van der Waals surface area contributed by atoms with Crippen molar-refractivity contribution in [3.8, 4) is 5.75 Å². The summed E-state index contributed by atoms with van der Waals surface area (Å²) >= 11 is 6.13. The predicted molar refractivity (Wildman–Crippen MR) is 100 cm³/mol. The van der Waals surface area contributed by atoms with E-state index in [0.29, 0.717) is 22.5 Å². The molecule has 2 aromatic carbocycles. The summed E-state index contributed by atoms with van der Waals surface area (Å²) in [6.45, 7) is 4.10. The van der Waals surface area contributed by atoms with E-state index < -0.39 is 0 Å². The Morgan fingerprint density at radius 3 is 2.40 bits per heavy atom. The minimum Gasteiger partial charge on any atom is -0.495 e. The lowest BCUT2D eigenvalue weighted by atomic mass is 10.1. The molecule has 0 saturated carbocycles. The SMILES string of the molecule is COc1ccc(Nc2nncc(Nc3cc(C)cc(C)c3)n2)cc1Cl. The second-order valence-corrected chi connectivity index (χ2v) is 6.05. The molecule has 0 fully saturated rings. The molecule has 128 valence electrons. The molecule has 2 N–H and O–H groups in total. The van der Waals surface area contributed by atoms with Gasteiger partial charge in [-0.3, -0.25) is 0 Å². The number of hydrogen-bond acceptors (Lipinski definition) is 6. The molecule has 0 aliphatic heterocycles. The van der Waals surface area contributed by atoms with Crippen LogP contribution in [0.5, 0.6) is 5.75 Å². The highest BCUT2D eigenvalue weighted by molar-refractivity contribution is 6.32. The fourth-order valence-corrected chi connectivity index (χ4v) is 2.74. The van der Waals surface area contributed by atoms with E-state index in [1.54, 1.807) is 25.4 Å². The summed E-state index contributed by atoms with van der Waals surface area (Å²) in [5.41, 5.74) is 4.05. The molecule has 0 aliphatic rings. The molecule has 1 aromatic heterocycles. The average molecular weight is 356 g/mol. The van der Waals surface area contributed by atoms with Crippen LogP contribution in [0, 0.1) is 13.8 Å². The number of rotatable bonds is 5. The number of nitrogens with zero attached hydrogens (tertiary/aromatic N) is 3. The van der Waals surface area contributed by atoms with Gasteiger partial charge in [-0.15, -0.1) is 5.10 Å². The number of nitrogens with one attached hydrogen (secondary N) is 2. The van der Waals surface area contributed by atoms with Crippen LogP contribution in [-0.2, 0) is 0 Å². The summed E-state index contributed by atoms with van der Waals surface area (Å²) in [5.74, 6) is 1.58. The van der Waals surface area contributed by atoms with Gasteiger partial charge < -0.3 is 15.4 Å². The number of hydrogen-bond donors (Lipinski definition) is 2. The zero-order chi connectivity index (χ0) is 17.8. The molecular weight excluding hydrogens is 338 g/mol. The molecule has 6 nitrogen and oxygen atoms in total. The Morgan fingerprint density at radius 2 is 1.72 bits per heavy atom. The number of benzene rings is 2. The highest BCUT2D eigenvalue weighted by Crippen LogP contribution is 2.28. The minimum atomic E-state index is 0.371. The number of aromatic nitrogens is 3. The number of halogens is 1. The monoisotopic (exact) mass is 355 g/mol. The van der Waals surface area contributed by atoms with Crippen LogP contribution in [-0.4, -0.2) is 22.3 Å². The second-order valence-electron chi connectivity index (χ2n) is 5.64. The lowest BCUT2D eigenvalue weighted by Crippen LogP contribution is -2.02. The van der Waals surface area contributed by atoms with Gasteiger partial charge in [-0.05, 0) is 55.3 Å². The van der Waals surface area contributed by atoms with Gasteiger partial charge in [0.15, 0.2) is 5.82 Å². The van der Waals surface area contributed by atoms with Gasteiger partial charge in [-0.2, -0.15) is 10.1 Å². The van der Waals surface area contributed by atoms with Crippen LogP contribution < -0.4 is 15.4 Å². The molecule has 0 unspecified atom stereocenters. The summed E-state index contributed by atoms with van der Waals surface area (Å²) in [6, 6.07) is 11.6. The number of anilines is 4. The van der Waals surface area contributed by atoms with E-state index in [1.807, 2.05) is 18.2 Å². The van der Waals surface area contributed by atoms with E-state index in [-0.39, 0.29) is 0 Å². The molecule has 7 heteroatoms. The summed E-state index contributed by atoms with van der Waals surface area (Å²) in [5, 5.41) is 14.8. The zero-order valence-electron chi connectivity index (χ0n) is 14.2. The maximum absolute atomic E-state index is 6.13. The molecular formula is C18H18ClN5O. The van der Waals surface area contributed by atoms with Gasteiger partial charge >= 0.3 is 0 Å². The Hall–Kier alpha value is -2.86. The normalized spacial score (nSPS) is 10.4. The molecule has 3 aromatic rings. The third-order valence-electron chi connectivity index (χ3n) is 3.46. The smallest absolute Gasteiger partial charge is 0.249 e. The summed E-state index contributed by atoms with van der Waals surface area (Å²) in [7, 11) is 1.57. The topological polar surface area (TPSA) is 72.0 Å². The first-order chi connectivity index (χ1) is 12.0. The first kappa shape index (κ1) is 17.0. The molecule has 0 amide bonds. The number of aryl methyl sites for hydroxylation is 2. The van der Waals surface area contributed by atoms with Crippen molar-refractivity contribution >= 4 is 34.7 Å². The molecule has 25 heavy (non-hydrogen) atoms. The Balaban J connectivity index is 1.78. The van der Waals surface area contributed by atoms with Gasteiger partial charge in [0.2, 0.25) is 5.95 Å². The van der Waals surface area contributed by atoms with Gasteiger partial charge in [0.1, 0.15) is 5.75 Å².